The van der Waals surface area contributed by atoms with Crippen LogP contribution in [0.4, 0.5) is 0 Å². The molecule has 0 aromatic carbocycles. The fourth-order valence-corrected chi connectivity index (χ4v) is 1.65. The molecule has 0 N–H and O–H groups in total. The first kappa shape index (κ1) is 12.5. The van der Waals surface area contributed by atoms with Gasteiger partial charge < -0.3 is 9.80 Å². The Hall–Kier alpha value is -1.58. The molecule has 0 aliphatic carbocycles. The molecule has 0 spiro atoms. The van der Waals surface area contributed by atoms with Gasteiger partial charge in [0.15, 0.2) is 0 Å². The Bertz CT molecular complexity index is 305. The third-order valence-corrected chi connectivity index (χ3v) is 2.58. The van der Waals surface area contributed by atoms with Crippen LogP contribution in [0.25, 0.3) is 0 Å². The number of carbonyl (C=O) groups excluding carboxylic acids is 2. The van der Waals surface area contributed by atoms with Gasteiger partial charge in [0, 0.05) is 37.3 Å². The molecule has 1 fully saturated rings. The molecule has 0 aromatic heterocycles. The van der Waals surface area contributed by atoms with E-state index in [9.17, 15) is 9.59 Å². The summed E-state index contributed by atoms with van der Waals surface area (Å²) in [7, 11) is 0. The SMILES string of the molecule is C=C(C)C(=O)N1CCN(C(=O)C(=C)C)CC1. The molecule has 88 valence electrons. The van der Waals surface area contributed by atoms with Gasteiger partial charge in [0.2, 0.25) is 11.8 Å². The van der Waals surface area contributed by atoms with E-state index < -0.39 is 0 Å². The summed E-state index contributed by atoms with van der Waals surface area (Å²) in [5.74, 6) is -0.0511. The molecule has 2 amide bonds. The van der Waals surface area contributed by atoms with Crippen LogP contribution in [0.2, 0.25) is 0 Å². The lowest BCUT2D eigenvalue weighted by molar-refractivity contribution is -0.135. The fourth-order valence-electron chi connectivity index (χ4n) is 1.65. The Labute approximate surface area is 96.2 Å². The van der Waals surface area contributed by atoms with Crippen LogP contribution in [-0.2, 0) is 9.59 Å². The molecule has 1 heterocycles. The molecule has 0 saturated carbocycles. The predicted octanol–water partition coefficient (Wildman–Crippen LogP) is 0.809. The zero-order chi connectivity index (χ0) is 12.3. The minimum Gasteiger partial charge on any atom is -0.335 e. The summed E-state index contributed by atoms with van der Waals surface area (Å²) in [6.45, 7) is 13.0. The van der Waals surface area contributed by atoms with Crippen molar-refractivity contribution in [1.29, 1.82) is 0 Å². The Morgan fingerprint density at radius 2 is 1.06 bits per heavy atom. The minimum atomic E-state index is -0.0255. The summed E-state index contributed by atoms with van der Waals surface area (Å²) < 4.78 is 0. The van der Waals surface area contributed by atoms with E-state index in [2.05, 4.69) is 13.2 Å². The minimum absolute atomic E-state index is 0.0255. The van der Waals surface area contributed by atoms with Gasteiger partial charge in [-0.2, -0.15) is 0 Å². The van der Waals surface area contributed by atoms with Crippen molar-refractivity contribution in [2.75, 3.05) is 26.2 Å². The van der Waals surface area contributed by atoms with Crippen LogP contribution in [0.15, 0.2) is 24.3 Å². The summed E-state index contributed by atoms with van der Waals surface area (Å²) in [4.78, 5) is 26.7. The smallest absolute Gasteiger partial charge is 0.249 e. The van der Waals surface area contributed by atoms with E-state index in [1.807, 2.05) is 0 Å². The maximum atomic E-state index is 11.6. The molecule has 1 aliphatic heterocycles. The van der Waals surface area contributed by atoms with Crippen LogP contribution in [0, 0.1) is 0 Å². The standard InChI is InChI=1S/C12H18N2O2/c1-9(2)11(15)13-5-7-14(8-6-13)12(16)10(3)4/h1,3,5-8H2,2,4H3. The second-order valence-corrected chi connectivity index (χ2v) is 4.15. The van der Waals surface area contributed by atoms with Gasteiger partial charge in [0.1, 0.15) is 0 Å². The average molecular weight is 222 g/mol. The van der Waals surface area contributed by atoms with Crippen LogP contribution < -0.4 is 0 Å². The van der Waals surface area contributed by atoms with E-state index in [-0.39, 0.29) is 11.8 Å². The highest BCUT2D eigenvalue weighted by Gasteiger charge is 2.24. The summed E-state index contributed by atoms with van der Waals surface area (Å²) in [5.41, 5.74) is 1.08. The van der Waals surface area contributed by atoms with Gasteiger partial charge in [-0.15, -0.1) is 0 Å². The van der Waals surface area contributed by atoms with Crippen molar-refractivity contribution in [3.05, 3.63) is 24.3 Å². The molecule has 0 bridgehead atoms. The molecule has 0 unspecified atom stereocenters. The van der Waals surface area contributed by atoms with Crippen molar-refractivity contribution >= 4 is 11.8 Å². The van der Waals surface area contributed by atoms with E-state index in [1.54, 1.807) is 23.6 Å². The van der Waals surface area contributed by atoms with Gasteiger partial charge in [-0.05, 0) is 13.8 Å². The van der Waals surface area contributed by atoms with Crippen molar-refractivity contribution in [2.24, 2.45) is 0 Å². The van der Waals surface area contributed by atoms with Gasteiger partial charge in [0.25, 0.3) is 0 Å². The first-order valence-corrected chi connectivity index (χ1v) is 5.33. The average Bonchev–Trinajstić information content (AvgIpc) is 2.27. The molecule has 0 aromatic rings. The van der Waals surface area contributed by atoms with Crippen molar-refractivity contribution < 1.29 is 9.59 Å². The summed E-state index contributed by atoms with van der Waals surface area (Å²) >= 11 is 0. The molecular formula is C12H18N2O2. The zero-order valence-electron chi connectivity index (χ0n) is 9.95. The number of hydrogen-bond donors (Lipinski definition) is 0. The zero-order valence-corrected chi connectivity index (χ0v) is 9.95. The van der Waals surface area contributed by atoms with Crippen LogP contribution in [0.5, 0.6) is 0 Å². The molecule has 0 radical (unpaired) electrons. The topological polar surface area (TPSA) is 40.6 Å². The lowest BCUT2D eigenvalue weighted by Crippen LogP contribution is -2.50. The molecule has 1 saturated heterocycles. The van der Waals surface area contributed by atoms with Gasteiger partial charge in [-0.1, -0.05) is 13.2 Å². The third-order valence-electron chi connectivity index (χ3n) is 2.58. The Morgan fingerprint density at radius 1 is 0.812 bits per heavy atom. The summed E-state index contributed by atoms with van der Waals surface area (Å²) in [6.07, 6.45) is 0. The molecule has 4 heteroatoms. The first-order valence-electron chi connectivity index (χ1n) is 5.33. The van der Waals surface area contributed by atoms with Crippen LogP contribution in [0.1, 0.15) is 13.8 Å². The van der Waals surface area contributed by atoms with E-state index in [0.717, 1.165) is 0 Å². The molecule has 1 rings (SSSR count). The number of amides is 2. The van der Waals surface area contributed by atoms with Crippen molar-refractivity contribution in [1.82, 2.24) is 9.80 Å². The highest BCUT2D eigenvalue weighted by molar-refractivity contribution is 5.93. The second-order valence-electron chi connectivity index (χ2n) is 4.15. The Morgan fingerprint density at radius 3 is 1.25 bits per heavy atom. The molecule has 1 aliphatic rings. The highest BCUT2D eigenvalue weighted by atomic mass is 16.2. The first-order chi connectivity index (χ1) is 7.43. The van der Waals surface area contributed by atoms with Crippen LogP contribution >= 0.6 is 0 Å². The number of rotatable bonds is 2. The van der Waals surface area contributed by atoms with E-state index in [1.165, 1.54) is 0 Å². The van der Waals surface area contributed by atoms with Gasteiger partial charge in [-0.25, -0.2) is 0 Å². The van der Waals surface area contributed by atoms with Crippen LogP contribution in [-0.4, -0.2) is 47.8 Å². The molecule has 4 nitrogen and oxygen atoms in total. The number of hydrogen-bond acceptors (Lipinski definition) is 2. The van der Waals surface area contributed by atoms with E-state index in [0.29, 0.717) is 37.3 Å². The lowest BCUT2D eigenvalue weighted by Gasteiger charge is -2.34. The maximum absolute atomic E-state index is 11.6. The predicted molar refractivity (Wildman–Crippen MR) is 62.8 cm³/mol. The van der Waals surface area contributed by atoms with E-state index in [4.69, 9.17) is 0 Å². The second kappa shape index (κ2) is 4.96. The number of nitrogens with zero attached hydrogens (tertiary/aromatic N) is 2. The molecular weight excluding hydrogens is 204 g/mol. The highest BCUT2D eigenvalue weighted by Crippen LogP contribution is 2.08. The molecule has 0 atom stereocenters. The van der Waals surface area contributed by atoms with Crippen molar-refractivity contribution in [2.45, 2.75) is 13.8 Å². The summed E-state index contributed by atoms with van der Waals surface area (Å²) in [6, 6.07) is 0. The quantitative estimate of drug-likeness (QED) is 0.649. The van der Waals surface area contributed by atoms with Gasteiger partial charge >= 0.3 is 0 Å². The van der Waals surface area contributed by atoms with Gasteiger partial charge in [-0.3, -0.25) is 9.59 Å². The third kappa shape index (κ3) is 2.72. The Kier molecular flexibility index (Phi) is 3.88. The maximum Gasteiger partial charge on any atom is 0.249 e. The lowest BCUT2D eigenvalue weighted by atomic mass is 10.2. The van der Waals surface area contributed by atoms with Crippen molar-refractivity contribution in [3.63, 3.8) is 0 Å². The number of carbonyl (C=O) groups is 2. The monoisotopic (exact) mass is 222 g/mol. The normalized spacial score (nSPS) is 15.9. The summed E-state index contributed by atoms with van der Waals surface area (Å²) in [5, 5.41) is 0. The van der Waals surface area contributed by atoms with Crippen molar-refractivity contribution in [3.8, 4) is 0 Å². The van der Waals surface area contributed by atoms with Crippen LogP contribution in [0.3, 0.4) is 0 Å². The Balaban J connectivity index is 2.52. The number of piperazine rings is 1. The fraction of sp³-hybridized carbons (Fsp3) is 0.500. The largest absolute Gasteiger partial charge is 0.335 e. The molecule has 16 heavy (non-hydrogen) atoms. The van der Waals surface area contributed by atoms with E-state index >= 15 is 0 Å². The van der Waals surface area contributed by atoms with Gasteiger partial charge in [0.05, 0.1) is 0 Å².